The summed E-state index contributed by atoms with van der Waals surface area (Å²) >= 11 is 0. The zero-order valence-electron chi connectivity index (χ0n) is 9.21. The minimum atomic E-state index is -0.741. The molecule has 0 saturated heterocycles. The molecule has 1 saturated carbocycles. The molecule has 0 aliphatic heterocycles. The molecule has 1 atom stereocenters. The number of carbonyl (C=O) groups is 1. The fourth-order valence-electron chi connectivity index (χ4n) is 2.41. The number of hydrogen-bond acceptors (Lipinski definition) is 3. The molecule has 1 aliphatic carbocycles. The second kappa shape index (κ2) is 4.78. The Morgan fingerprint density at radius 2 is 2.00 bits per heavy atom. The smallest absolute Gasteiger partial charge is 0.326 e. The Morgan fingerprint density at radius 3 is 2.43 bits per heavy atom. The fourth-order valence-corrected chi connectivity index (χ4v) is 2.41. The van der Waals surface area contributed by atoms with E-state index < -0.39 is 5.54 Å². The van der Waals surface area contributed by atoms with Crippen molar-refractivity contribution in [2.75, 3.05) is 7.11 Å². The average Bonchev–Trinajstić information content (AvgIpc) is 2.28. The van der Waals surface area contributed by atoms with Crippen LogP contribution in [-0.4, -0.2) is 18.6 Å². The first kappa shape index (κ1) is 11.5. The summed E-state index contributed by atoms with van der Waals surface area (Å²) < 4.78 is 4.80. The fraction of sp³-hybridized carbons (Fsp3) is 0.909. The van der Waals surface area contributed by atoms with Gasteiger partial charge in [0.05, 0.1) is 7.11 Å². The van der Waals surface area contributed by atoms with Crippen LogP contribution in [-0.2, 0) is 9.53 Å². The number of ether oxygens (including phenoxy) is 1. The van der Waals surface area contributed by atoms with E-state index in [-0.39, 0.29) is 5.97 Å². The van der Waals surface area contributed by atoms with Crippen LogP contribution < -0.4 is 5.73 Å². The molecule has 2 N–H and O–H groups in total. The minimum absolute atomic E-state index is 0.244. The van der Waals surface area contributed by atoms with Crippen molar-refractivity contribution in [2.24, 2.45) is 11.7 Å². The molecule has 0 heterocycles. The highest BCUT2D eigenvalue weighted by atomic mass is 16.5. The van der Waals surface area contributed by atoms with E-state index >= 15 is 0 Å². The third kappa shape index (κ3) is 2.08. The number of hydrogen-bond donors (Lipinski definition) is 1. The van der Waals surface area contributed by atoms with Gasteiger partial charge in [-0.25, -0.2) is 0 Å². The van der Waals surface area contributed by atoms with E-state index in [4.69, 9.17) is 10.5 Å². The highest BCUT2D eigenvalue weighted by Gasteiger charge is 2.41. The number of rotatable bonds is 3. The predicted octanol–water partition coefficient (Wildman–Crippen LogP) is 1.85. The van der Waals surface area contributed by atoms with Crippen LogP contribution in [0.2, 0.25) is 0 Å². The topological polar surface area (TPSA) is 52.3 Å². The molecule has 3 nitrogen and oxygen atoms in total. The average molecular weight is 199 g/mol. The Kier molecular flexibility index (Phi) is 3.93. The maximum atomic E-state index is 11.6. The van der Waals surface area contributed by atoms with Gasteiger partial charge >= 0.3 is 5.97 Å². The normalized spacial score (nSPS) is 22.8. The lowest BCUT2D eigenvalue weighted by Gasteiger charge is -2.36. The lowest BCUT2D eigenvalue weighted by molar-refractivity contribution is -0.150. The maximum Gasteiger partial charge on any atom is 0.326 e. The molecular formula is C11H21NO2. The number of nitrogens with two attached hydrogens (primary N) is 1. The highest BCUT2D eigenvalue weighted by molar-refractivity contribution is 5.80. The van der Waals surface area contributed by atoms with Crippen LogP contribution in [0.1, 0.15) is 45.4 Å². The zero-order chi connectivity index (χ0) is 10.6. The second-order valence-corrected chi connectivity index (χ2v) is 4.22. The summed E-state index contributed by atoms with van der Waals surface area (Å²) in [5.41, 5.74) is 5.41. The molecule has 1 unspecified atom stereocenters. The Labute approximate surface area is 86.0 Å². The summed E-state index contributed by atoms with van der Waals surface area (Å²) in [4.78, 5) is 11.6. The Bertz CT molecular complexity index is 199. The first-order chi connectivity index (χ1) is 6.65. The van der Waals surface area contributed by atoms with Crippen molar-refractivity contribution in [1.29, 1.82) is 0 Å². The summed E-state index contributed by atoms with van der Waals surface area (Å²) in [5, 5.41) is 0. The SMILES string of the molecule is CCC(N)(C(=O)OC)C1CCCCC1. The highest BCUT2D eigenvalue weighted by Crippen LogP contribution is 2.33. The Balaban J connectivity index is 2.71. The van der Waals surface area contributed by atoms with Crippen molar-refractivity contribution >= 4 is 5.97 Å². The van der Waals surface area contributed by atoms with Gasteiger partial charge in [0.15, 0.2) is 0 Å². The first-order valence-corrected chi connectivity index (χ1v) is 5.52. The van der Waals surface area contributed by atoms with Gasteiger partial charge in [0, 0.05) is 0 Å². The summed E-state index contributed by atoms with van der Waals surface area (Å²) in [6, 6.07) is 0. The molecule has 1 rings (SSSR count). The van der Waals surface area contributed by atoms with E-state index in [1.807, 2.05) is 6.92 Å². The van der Waals surface area contributed by atoms with Gasteiger partial charge in [-0.2, -0.15) is 0 Å². The van der Waals surface area contributed by atoms with E-state index in [0.29, 0.717) is 12.3 Å². The van der Waals surface area contributed by atoms with Crippen molar-refractivity contribution in [3.63, 3.8) is 0 Å². The second-order valence-electron chi connectivity index (χ2n) is 4.22. The van der Waals surface area contributed by atoms with Crippen molar-refractivity contribution in [1.82, 2.24) is 0 Å². The van der Waals surface area contributed by atoms with Crippen LogP contribution in [0.4, 0.5) is 0 Å². The molecule has 3 heteroatoms. The van der Waals surface area contributed by atoms with Gasteiger partial charge in [-0.15, -0.1) is 0 Å². The monoisotopic (exact) mass is 199 g/mol. The molecule has 14 heavy (non-hydrogen) atoms. The van der Waals surface area contributed by atoms with Crippen LogP contribution in [0.15, 0.2) is 0 Å². The maximum absolute atomic E-state index is 11.6. The van der Waals surface area contributed by atoms with Gasteiger partial charge in [0.1, 0.15) is 5.54 Å². The van der Waals surface area contributed by atoms with E-state index in [1.54, 1.807) is 0 Å². The van der Waals surface area contributed by atoms with E-state index in [9.17, 15) is 4.79 Å². The summed E-state index contributed by atoms with van der Waals surface area (Å²) in [6.07, 6.45) is 6.47. The third-order valence-corrected chi connectivity index (χ3v) is 3.48. The molecule has 0 amide bonds. The standard InChI is InChI=1S/C11H21NO2/c1-3-11(12,10(13)14-2)9-7-5-4-6-8-9/h9H,3-8,12H2,1-2H3. The number of methoxy groups -OCH3 is 1. The minimum Gasteiger partial charge on any atom is -0.468 e. The van der Waals surface area contributed by atoms with Gasteiger partial charge in [-0.3, -0.25) is 4.79 Å². The summed E-state index contributed by atoms with van der Waals surface area (Å²) in [7, 11) is 1.42. The van der Waals surface area contributed by atoms with Crippen LogP contribution >= 0.6 is 0 Å². The molecule has 1 aliphatic rings. The van der Waals surface area contributed by atoms with Crippen molar-refractivity contribution in [3.8, 4) is 0 Å². The lowest BCUT2D eigenvalue weighted by Crippen LogP contribution is -2.54. The number of carbonyl (C=O) groups excluding carboxylic acids is 1. The van der Waals surface area contributed by atoms with E-state index in [2.05, 4.69) is 0 Å². The largest absolute Gasteiger partial charge is 0.468 e. The third-order valence-electron chi connectivity index (χ3n) is 3.48. The molecule has 0 radical (unpaired) electrons. The zero-order valence-corrected chi connectivity index (χ0v) is 9.21. The molecule has 82 valence electrons. The molecule has 0 bridgehead atoms. The lowest BCUT2D eigenvalue weighted by atomic mass is 9.74. The summed E-state index contributed by atoms with van der Waals surface area (Å²) in [5.74, 6) is 0.0700. The molecule has 0 aromatic rings. The molecule has 0 aromatic heterocycles. The van der Waals surface area contributed by atoms with Crippen LogP contribution in [0.3, 0.4) is 0 Å². The van der Waals surface area contributed by atoms with E-state index in [0.717, 1.165) is 12.8 Å². The van der Waals surface area contributed by atoms with Crippen molar-refractivity contribution in [3.05, 3.63) is 0 Å². The predicted molar refractivity (Wildman–Crippen MR) is 55.8 cm³/mol. The van der Waals surface area contributed by atoms with Crippen LogP contribution in [0.25, 0.3) is 0 Å². The Hall–Kier alpha value is -0.570. The number of esters is 1. The van der Waals surface area contributed by atoms with Gasteiger partial charge < -0.3 is 10.5 Å². The molecule has 1 fully saturated rings. The first-order valence-electron chi connectivity index (χ1n) is 5.52. The van der Waals surface area contributed by atoms with Gasteiger partial charge in [0.25, 0.3) is 0 Å². The van der Waals surface area contributed by atoms with Gasteiger partial charge in [0.2, 0.25) is 0 Å². The molecular weight excluding hydrogens is 178 g/mol. The quantitative estimate of drug-likeness (QED) is 0.706. The molecule has 0 spiro atoms. The summed E-state index contributed by atoms with van der Waals surface area (Å²) in [6.45, 7) is 1.96. The van der Waals surface area contributed by atoms with E-state index in [1.165, 1.54) is 26.4 Å². The van der Waals surface area contributed by atoms with Crippen LogP contribution in [0.5, 0.6) is 0 Å². The Morgan fingerprint density at radius 1 is 1.43 bits per heavy atom. The van der Waals surface area contributed by atoms with Crippen molar-refractivity contribution in [2.45, 2.75) is 51.0 Å². The molecule has 0 aromatic carbocycles. The van der Waals surface area contributed by atoms with Crippen molar-refractivity contribution < 1.29 is 9.53 Å². The van der Waals surface area contributed by atoms with Crippen LogP contribution in [0, 0.1) is 5.92 Å². The van der Waals surface area contributed by atoms with Gasteiger partial charge in [-0.05, 0) is 25.2 Å². The van der Waals surface area contributed by atoms with Gasteiger partial charge in [-0.1, -0.05) is 26.2 Å².